The van der Waals surface area contributed by atoms with E-state index in [-0.39, 0.29) is 5.56 Å². The average molecular weight is 292 g/mol. The molecule has 0 spiro atoms. The normalized spacial score (nSPS) is 10.4. The van der Waals surface area contributed by atoms with Gasteiger partial charge >= 0.3 is 0 Å². The van der Waals surface area contributed by atoms with Gasteiger partial charge in [-0.2, -0.15) is 0 Å². The molecule has 0 aliphatic carbocycles. The topological polar surface area (TPSA) is 45.8 Å². The maximum atomic E-state index is 11.0. The molecule has 14 heavy (non-hydrogen) atoms. The van der Waals surface area contributed by atoms with Crippen LogP contribution in [-0.2, 0) is 0 Å². The lowest BCUT2D eigenvalue weighted by Gasteiger charge is -1.92. The Morgan fingerprint density at radius 3 is 2.93 bits per heavy atom. The third-order valence-corrected chi connectivity index (χ3v) is 4.03. The number of aromatic nitrogens is 2. The van der Waals surface area contributed by atoms with E-state index >= 15 is 0 Å². The zero-order valence-corrected chi connectivity index (χ0v) is 9.91. The van der Waals surface area contributed by atoms with Crippen molar-refractivity contribution in [1.29, 1.82) is 0 Å². The lowest BCUT2D eigenvalue weighted by atomic mass is 10.4. The summed E-state index contributed by atoms with van der Waals surface area (Å²) in [6.45, 7) is 0. The smallest absolute Gasteiger partial charge is 0.251 e. The first-order chi connectivity index (χ1) is 6.66. The van der Waals surface area contributed by atoms with Gasteiger partial charge in [0.25, 0.3) is 5.56 Å². The van der Waals surface area contributed by atoms with Crippen molar-refractivity contribution in [3.63, 3.8) is 0 Å². The number of rotatable bonds is 1. The summed E-state index contributed by atoms with van der Waals surface area (Å²) < 4.78 is 1.46. The first-order valence-electron chi connectivity index (χ1n) is 3.67. The van der Waals surface area contributed by atoms with Gasteiger partial charge in [-0.3, -0.25) is 4.79 Å². The van der Waals surface area contributed by atoms with Crippen molar-refractivity contribution in [2.24, 2.45) is 0 Å². The maximum absolute atomic E-state index is 11.0. The van der Waals surface area contributed by atoms with E-state index in [4.69, 9.17) is 11.6 Å². The van der Waals surface area contributed by atoms with Crippen LogP contribution < -0.4 is 5.56 Å². The molecule has 0 saturated carbocycles. The second-order valence-electron chi connectivity index (χ2n) is 2.51. The van der Waals surface area contributed by atoms with Crippen LogP contribution in [0.5, 0.6) is 0 Å². The molecule has 72 valence electrons. The van der Waals surface area contributed by atoms with E-state index in [0.29, 0.717) is 10.2 Å². The minimum atomic E-state index is -0.171. The van der Waals surface area contributed by atoms with E-state index < -0.39 is 0 Å². The molecule has 0 radical (unpaired) electrons. The molecule has 0 aliphatic rings. The van der Waals surface area contributed by atoms with Crippen LogP contribution in [0.3, 0.4) is 0 Å². The molecule has 0 bridgehead atoms. The van der Waals surface area contributed by atoms with Gasteiger partial charge < -0.3 is 4.98 Å². The molecular formula is C8H4BrClN2OS. The first kappa shape index (κ1) is 9.89. The van der Waals surface area contributed by atoms with Crippen molar-refractivity contribution in [3.8, 4) is 10.7 Å². The van der Waals surface area contributed by atoms with Gasteiger partial charge in [0.1, 0.15) is 10.2 Å². The van der Waals surface area contributed by atoms with E-state index in [1.54, 1.807) is 0 Å². The van der Waals surface area contributed by atoms with Crippen molar-refractivity contribution in [2.75, 3.05) is 0 Å². The summed E-state index contributed by atoms with van der Waals surface area (Å²) in [7, 11) is 0. The highest BCUT2D eigenvalue weighted by atomic mass is 79.9. The fourth-order valence-corrected chi connectivity index (χ4v) is 2.61. The van der Waals surface area contributed by atoms with Gasteiger partial charge in [0.15, 0.2) is 0 Å². The second kappa shape index (κ2) is 3.84. The molecule has 6 heteroatoms. The van der Waals surface area contributed by atoms with Gasteiger partial charge in [-0.25, -0.2) is 4.98 Å². The fraction of sp³-hybridized carbons (Fsp3) is 0. The van der Waals surface area contributed by atoms with E-state index in [1.165, 1.54) is 23.6 Å². The molecule has 1 N–H and O–H groups in total. The van der Waals surface area contributed by atoms with Crippen LogP contribution in [0.25, 0.3) is 10.7 Å². The number of aromatic amines is 1. The van der Waals surface area contributed by atoms with Crippen LogP contribution in [-0.4, -0.2) is 9.97 Å². The molecule has 0 fully saturated rings. The Morgan fingerprint density at radius 1 is 1.57 bits per heavy atom. The van der Waals surface area contributed by atoms with Crippen LogP contribution in [0, 0.1) is 0 Å². The first-order valence-corrected chi connectivity index (χ1v) is 5.66. The lowest BCUT2D eigenvalue weighted by Crippen LogP contribution is -2.04. The Morgan fingerprint density at radius 2 is 2.36 bits per heavy atom. The molecule has 0 amide bonds. The summed E-state index contributed by atoms with van der Waals surface area (Å²) in [4.78, 5) is 18.5. The second-order valence-corrected chi connectivity index (χ2v) is 5.02. The number of nitrogens with one attached hydrogen (secondary N) is 1. The van der Waals surface area contributed by atoms with E-state index in [9.17, 15) is 4.79 Å². The number of thiophene rings is 1. The summed E-state index contributed by atoms with van der Waals surface area (Å²) in [5.74, 6) is 0.537. The third kappa shape index (κ3) is 1.89. The SMILES string of the molecule is O=c1ccnc(-c2cc(Br)c(Cl)s2)[nH]1. The Bertz CT molecular complexity index is 503. The van der Waals surface area contributed by atoms with Crippen LogP contribution in [0.15, 0.2) is 27.6 Å². The van der Waals surface area contributed by atoms with E-state index in [0.717, 1.165) is 9.35 Å². The highest BCUT2D eigenvalue weighted by Crippen LogP contribution is 2.36. The number of halogens is 2. The van der Waals surface area contributed by atoms with Gasteiger partial charge in [-0.1, -0.05) is 11.6 Å². The largest absolute Gasteiger partial charge is 0.306 e. The Kier molecular flexibility index (Phi) is 2.71. The number of hydrogen-bond donors (Lipinski definition) is 1. The summed E-state index contributed by atoms with van der Waals surface area (Å²) in [5, 5.41) is 0. The van der Waals surface area contributed by atoms with Crippen molar-refractivity contribution >= 4 is 38.9 Å². The molecule has 2 aromatic rings. The zero-order valence-electron chi connectivity index (χ0n) is 6.75. The van der Waals surface area contributed by atoms with Gasteiger partial charge in [0, 0.05) is 16.7 Å². The number of hydrogen-bond acceptors (Lipinski definition) is 3. The molecule has 0 unspecified atom stereocenters. The summed E-state index contributed by atoms with van der Waals surface area (Å²) in [5.41, 5.74) is -0.171. The minimum absolute atomic E-state index is 0.171. The molecule has 0 aliphatic heterocycles. The Labute approximate surface area is 96.9 Å². The highest BCUT2D eigenvalue weighted by molar-refractivity contribution is 9.10. The summed E-state index contributed by atoms with van der Waals surface area (Å²) in [6.07, 6.45) is 1.47. The van der Waals surface area contributed by atoms with Gasteiger partial charge in [-0.05, 0) is 22.0 Å². The zero-order chi connectivity index (χ0) is 10.1. The van der Waals surface area contributed by atoms with Crippen molar-refractivity contribution in [3.05, 3.63) is 37.5 Å². The molecule has 0 saturated heterocycles. The number of H-pyrrole nitrogens is 1. The monoisotopic (exact) mass is 290 g/mol. The lowest BCUT2D eigenvalue weighted by molar-refractivity contribution is 1.14. The summed E-state index contributed by atoms with van der Waals surface area (Å²) >= 11 is 10.5. The number of nitrogens with zero attached hydrogens (tertiary/aromatic N) is 1. The van der Waals surface area contributed by atoms with E-state index in [1.807, 2.05) is 6.07 Å². The Balaban J connectivity index is 2.54. The molecule has 3 nitrogen and oxygen atoms in total. The molecule has 2 heterocycles. The highest BCUT2D eigenvalue weighted by Gasteiger charge is 2.07. The van der Waals surface area contributed by atoms with Gasteiger partial charge in [-0.15, -0.1) is 11.3 Å². The third-order valence-electron chi connectivity index (χ3n) is 1.55. The fourth-order valence-electron chi connectivity index (χ4n) is 0.959. The molecule has 2 rings (SSSR count). The molecule has 0 aromatic carbocycles. The molecule has 0 atom stereocenters. The van der Waals surface area contributed by atoms with E-state index in [2.05, 4.69) is 25.9 Å². The quantitative estimate of drug-likeness (QED) is 0.878. The molecular weight excluding hydrogens is 288 g/mol. The van der Waals surface area contributed by atoms with Crippen LogP contribution >= 0.6 is 38.9 Å². The predicted octanol–water partition coefficient (Wildman–Crippen LogP) is 2.91. The van der Waals surface area contributed by atoms with Gasteiger partial charge in [0.05, 0.1) is 4.88 Å². The average Bonchev–Trinajstić information content (AvgIpc) is 2.47. The minimum Gasteiger partial charge on any atom is -0.306 e. The van der Waals surface area contributed by atoms with Crippen molar-refractivity contribution in [1.82, 2.24) is 9.97 Å². The van der Waals surface area contributed by atoms with Crippen LogP contribution in [0.4, 0.5) is 0 Å². The van der Waals surface area contributed by atoms with Crippen molar-refractivity contribution < 1.29 is 0 Å². The van der Waals surface area contributed by atoms with Crippen LogP contribution in [0.2, 0.25) is 4.34 Å². The van der Waals surface area contributed by atoms with Crippen LogP contribution in [0.1, 0.15) is 0 Å². The Hall–Kier alpha value is -0.650. The summed E-state index contributed by atoms with van der Waals surface area (Å²) in [6, 6.07) is 3.19. The van der Waals surface area contributed by atoms with Gasteiger partial charge in [0.2, 0.25) is 0 Å². The maximum Gasteiger partial charge on any atom is 0.251 e. The van der Waals surface area contributed by atoms with Crippen molar-refractivity contribution in [2.45, 2.75) is 0 Å². The predicted molar refractivity (Wildman–Crippen MR) is 60.9 cm³/mol. The standard InChI is InChI=1S/C8H4BrClN2OS/c9-4-3-5(14-7(4)10)8-11-2-1-6(13)12-8/h1-3H,(H,11,12,13). The molecule has 2 aromatic heterocycles.